The van der Waals surface area contributed by atoms with E-state index in [1.165, 1.54) is 0 Å². The zero-order valence-corrected chi connectivity index (χ0v) is 13.1. The number of carbonyl (C=O) groups excluding carboxylic acids is 1. The summed E-state index contributed by atoms with van der Waals surface area (Å²) in [4.78, 5) is 12.7. The van der Waals surface area contributed by atoms with Gasteiger partial charge >= 0.3 is 0 Å². The molecule has 1 fully saturated rings. The first-order valence-electron chi connectivity index (χ1n) is 7.42. The third-order valence-electron chi connectivity index (χ3n) is 4.00. The fourth-order valence-corrected chi connectivity index (χ4v) is 2.37. The smallest absolute Gasteiger partial charge is 0.234 e. The topological polar surface area (TPSA) is 106 Å². The van der Waals surface area contributed by atoms with Crippen LogP contribution in [0.1, 0.15) is 33.6 Å². The van der Waals surface area contributed by atoms with Gasteiger partial charge in [-0.15, -0.1) is 0 Å². The van der Waals surface area contributed by atoms with Crippen LogP contribution >= 0.6 is 0 Å². The first-order valence-corrected chi connectivity index (χ1v) is 7.42. The van der Waals surface area contributed by atoms with E-state index in [2.05, 4.69) is 10.5 Å². The summed E-state index contributed by atoms with van der Waals surface area (Å²) in [5.41, 5.74) is 4.79. The molecule has 1 atom stereocenters. The molecule has 0 saturated carbocycles. The van der Waals surface area contributed by atoms with Crippen LogP contribution in [0.2, 0.25) is 0 Å². The number of oxime groups is 1. The van der Waals surface area contributed by atoms with Gasteiger partial charge in [-0.25, -0.2) is 0 Å². The quantitative estimate of drug-likeness (QED) is 0.278. The van der Waals surface area contributed by atoms with Gasteiger partial charge < -0.3 is 25.7 Å². The second kappa shape index (κ2) is 8.19. The SMILES string of the molecule is CCOCC(NC(=O)C1(C(N)=NO)CCOCC1)C(C)C. The molecule has 0 aliphatic carbocycles. The number of nitrogens with one attached hydrogen (secondary N) is 1. The first kappa shape index (κ1) is 17.7. The third kappa shape index (κ3) is 4.31. The molecule has 7 nitrogen and oxygen atoms in total. The second-order valence-corrected chi connectivity index (χ2v) is 5.66. The van der Waals surface area contributed by atoms with Gasteiger partial charge in [0.25, 0.3) is 0 Å². The van der Waals surface area contributed by atoms with Crippen molar-refractivity contribution < 1.29 is 19.5 Å². The molecule has 1 unspecified atom stereocenters. The summed E-state index contributed by atoms with van der Waals surface area (Å²) in [6, 6.07) is -0.108. The minimum absolute atomic E-state index is 0.0535. The van der Waals surface area contributed by atoms with Gasteiger partial charge in [-0.05, 0) is 25.7 Å². The zero-order valence-electron chi connectivity index (χ0n) is 13.1. The predicted octanol–water partition coefficient (Wildman–Crippen LogP) is 0.707. The maximum atomic E-state index is 12.7. The molecule has 21 heavy (non-hydrogen) atoms. The van der Waals surface area contributed by atoms with E-state index < -0.39 is 5.41 Å². The molecule has 1 aliphatic heterocycles. The number of nitrogens with two attached hydrogens (primary N) is 1. The Morgan fingerprint density at radius 2 is 2.10 bits per heavy atom. The number of nitrogens with zero attached hydrogens (tertiary/aromatic N) is 1. The van der Waals surface area contributed by atoms with E-state index in [1.807, 2.05) is 20.8 Å². The zero-order chi connectivity index (χ0) is 15.9. The van der Waals surface area contributed by atoms with Crippen LogP contribution < -0.4 is 11.1 Å². The minimum Gasteiger partial charge on any atom is -0.409 e. The molecule has 0 aromatic carbocycles. The Morgan fingerprint density at radius 1 is 1.48 bits per heavy atom. The molecule has 122 valence electrons. The lowest BCUT2D eigenvalue weighted by Gasteiger charge is -2.36. The van der Waals surface area contributed by atoms with E-state index in [-0.39, 0.29) is 23.7 Å². The Bertz CT molecular complexity index is 365. The molecule has 0 bridgehead atoms. The molecular weight excluding hydrogens is 274 g/mol. The lowest BCUT2D eigenvalue weighted by Crippen LogP contribution is -2.56. The lowest BCUT2D eigenvalue weighted by molar-refractivity contribution is -0.133. The number of ether oxygens (including phenoxy) is 2. The normalized spacial score (nSPS) is 20.3. The van der Waals surface area contributed by atoms with Crippen molar-refractivity contribution in [2.24, 2.45) is 22.2 Å². The number of carbonyl (C=O) groups is 1. The molecule has 0 radical (unpaired) electrons. The van der Waals surface area contributed by atoms with E-state index in [9.17, 15) is 4.79 Å². The highest BCUT2D eigenvalue weighted by Gasteiger charge is 2.45. The van der Waals surface area contributed by atoms with Crippen LogP contribution in [0.3, 0.4) is 0 Å². The molecule has 0 aromatic heterocycles. The monoisotopic (exact) mass is 301 g/mol. The van der Waals surface area contributed by atoms with E-state index in [1.54, 1.807) is 0 Å². The molecular formula is C14H27N3O4. The van der Waals surface area contributed by atoms with Crippen molar-refractivity contribution in [1.82, 2.24) is 5.32 Å². The summed E-state index contributed by atoms with van der Waals surface area (Å²) in [5, 5.41) is 15.1. The van der Waals surface area contributed by atoms with Crippen LogP contribution in [0, 0.1) is 11.3 Å². The molecule has 4 N–H and O–H groups in total. The Morgan fingerprint density at radius 3 is 2.57 bits per heavy atom. The average molecular weight is 301 g/mol. The van der Waals surface area contributed by atoms with Crippen LogP contribution in [0.5, 0.6) is 0 Å². The summed E-state index contributed by atoms with van der Waals surface area (Å²) in [7, 11) is 0. The Labute approximate surface area is 125 Å². The van der Waals surface area contributed by atoms with Gasteiger partial charge in [0.05, 0.1) is 12.6 Å². The van der Waals surface area contributed by atoms with Gasteiger partial charge in [0.15, 0.2) is 5.84 Å². The maximum Gasteiger partial charge on any atom is 0.234 e. The number of amidine groups is 1. The second-order valence-electron chi connectivity index (χ2n) is 5.66. The summed E-state index contributed by atoms with van der Waals surface area (Å²) in [5.74, 6) is -0.0496. The fraction of sp³-hybridized carbons (Fsp3) is 0.857. The van der Waals surface area contributed by atoms with Crippen molar-refractivity contribution in [1.29, 1.82) is 0 Å². The number of rotatable bonds is 7. The average Bonchev–Trinajstić information content (AvgIpc) is 2.50. The van der Waals surface area contributed by atoms with Crippen LogP contribution in [-0.4, -0.2) is 49.4 Å². The van der Waals surface area contributed by atoms with Crippen molar-refractivity contribution in [3.8, 4) is 0 Å². The van der Waals surface area contributed by atoms with Crippen LogP contribution in [0.4, 0.5) is 0 Å². The van der Waals surface area contributed by atoms with E-state index in [0.717, 1.165) is 0 Å². The van der Waals surface area contributed by atoms with Gasteiger partial charge in [0.1, 0.15) is 5.41 Å². The highest BCUT2D eigenvalue weighted by Crippen LogP contribution is 2.31. The fourth-order valence-electron chi connectivity index (χ4n) is 2.37. The van der Waals surface area contributed by atoms with E-state index in [0.29, 0.717) is 39.3 Å². The Kier molecular flexibility index (Phi) is 6.91. The number of amides is 1. The molecule has 1 amide bonds. The largest absolute Gasteiger partial charge is 0.409 e. The predicted molar refractivity (Wildman–Crippen MR) is 79.2 cm³/mol. The first-order chi connectivity index (χ1) is 9.97. The number of hydrogen-bond donors (Lipinski definition) is 3. The van der Waals surface area contributed by atoms with Gasteiger partial charge in [-0.1, -0.05) is 19.0 Å². The van der Waals surface area contributed by atoms with Crippen LogP contribution in [0.15, 0.2) is 5.16 Å². The summed E-state index contributed by atoms with van der Waals surface area (Å²) in [6.45, 7) is 7.83. The van der Waals surface area contributed by atoms with Crippen molar-refractivity contribution in [3.63, 3.8) is 0 Å². The highest BCUT2D eigenvalue weighted by atomic mass is 16.5. The van der Waals surface area contributed by atoms with Gasteiger partial charge in [0, 0.05) is 19.8 Å². The Balaban J connectivity index is 2.85. The van der Waals surface area contributed by atoms with Crippen molar-refractivity contribution in [3.05, 3.63) is 0 Å². The molecule has 1 aliphatic rings. The Hall–Kier alpha value is -1.34. The summed E-state index contributed by atoms with van der Waals surface area (Å²) >= 11 is 0. The molecule has 0 spiro atoms. The summed E-state index contributed by atoms with van der Waals surface area (Å²) < 4.78 is 10.7. The van der Waals surface area contributed by atoms with Crippen molar-refractivity contribution in [2.75, 3.05) is 26.4 Å². The molecule has 1 heterocycles. The maximum absolute atomic E-state index is 12.7. The highest BCUT2D eigenvalue weighted by molar-refractivity contribution is 6.06. The lowest BCUT2D eigenvalue weighted by atomic mass is 9.77. The number of hydrogen-bond acceptors (Lipinski definition) is 5. The van der Waals surface area contributed by atoms with Gasteiger partial charge in [-0.2, -0.15) is 0 Å². The molecule has 0 aromatic rings. The van der Waals surface area contributed by atoms with E-state index >= 15 is 0 Å². The van der Waals surface area contributed by atoms with Gasteiger partial charge in [0.2, 0.25) is 5.91 Å². The molecule has 1 saturated heterocycles. The standard InChI is InChI=1S/C14H27N3O4/c1-4-20-9-11(10(2)3)16-13(18)14(12(15)17-19)5-7-21-8-6-14/h10-11,19H,4-9H2,1-3H3,(H2,15,17)(H,16,18). The minimum atomic E-state index is -0.994. The van der Waals surface area contributed by atoms with E-state index in [4.69, 9.17) is 20.4 Å². The molecule has 1 rings (SSSR count). The van der Waals surface area contributed by atoms with Gasteiger partial charge in [-0.3, -0.25) is 4.79 Å². The summed E-state index contributed by atoms with van der Waals surface area (Å²) in [6.07, 6.45) is 0.822. The van der Waals surface area contributed by atoms with Crippen LogP contribution in [-0.2, 0) is 14.3 Å². The third-order valence-corrected chi connectivity index (χ3v) is 4.00. The van der Waals surface area contributed by atoms with Crippen molar-refractivity contribution in [2.45, 2.75) is 39.7 Å². The van der Waals surface area contributed by atoms with Crippen molar-refractivity contribution >= 4 is 11.7 Å². The van der Waals surface area contributed by atoms with Crippen LogP contribution in [0.25, 0.3) is 0 Å². The molecule has 7 heteroatoms.